The molecule has 2 N–H and O–H groups in total. The summed E-state index contributed by atoms with van der Waals surface area (Å²) >= 11 is 0. The number of aliphatic hydroxyl groups is 2. The second-order valence-electron chi connectivity index (χ2n) is 14.8. The predicted molar refractivity (Wildman–Crippen MR) is 132 cm³/mol. The summed E-state index contributed by atoms with van der Waals surface area (Å²) in [5, 5.41) is 23.2. The second kappa shape index (κ2) is 6.66. The number of hydrogen-bond donors (Lipinski definition) is 2. The van der Waals surface area contributed by atoms with Gasteiger partial charge in [-0.3, -0.25) is 0 Å². The van der Waals surface area contributed by atoms with Gasteiger partial charge in [0.25, 0.3) is 0 Å². The summed E-state index contributed by atoms with van der Waals surface area (Å²) < 4.78 is 0. The summed E-state index contributed by atoms with van der Waals surface area (Å²) in [6.07, 6.45) is 11.3. The lowest BCUT2D eigenvalue weighted by Gasteiger charge is -2.74. The van der Waals surface area contributed by atoms with Crippen molar-refractivity contribution in [2.45, 2.75) is 124 Å². The minimum Gasteiger partial charge on any atom is -0.392 e. The van der Waals surface area contributed by atoms with Crippen LogP contribution in [0.15, 0.2) is 12.2 Å². The third-order valence-electron chi connectivity index (χ3n) is 13.8. The highest BCUT2D eigenvalue weighted by atomic mass is 16.3. The van der Waals surface area contributed by atoms with Gasteiger partial charge in [-0.25, -0.2) is 0 Å². The van der Waals surface area contributed by atoms with Crippen LogP contribution >= 0.6 is 0 Å². The monoisotopic (exact) mass is 442 g/mol. The fraction of sp³-hybridized carbons (Fsp3) is 0.933. The van der Waals surface area contributed by atoms with Crippen LogP contribution in [0.1, 0.15) is 113 Å². The molecule has 0 aliphatic heterocycles. The van der Waals surface area contributed by atoms with Crippen molar-refractivity contribution in [3.63, 3.8) is 0 Å². The lowest BCUT2D eigenvalue weighted by atomic mass is 9.31. The van der Waals surface area contributed by atoms with Crippen LogP contribution in [0.2, 0.25) is 0 Å². The Hall–Kier alpha value is -0.340. The number of allylic oxidation sites excluding steroid dienone is 1. The summed E-state index contributed by atoms with van der Waals surface area (Å²) in [5.41, 5.74) is 1.18. The third kappa shape index (κ3) is 2.45. The quantitative estimate of drug-likeness (QED) is 0.424. The van der Waals surface area contributed by atoms with Gasteiger partial charge in [0, 0.05) is 10.8 Å². The Kier molecular flexibility index (Phi) is 4.87. The molecule has 5 aliphatic rings. The van der Waals surface area contributed by atoms with Gasteiger partial charge in [-0.15, -0.1) is 0 Å². The maximum atomic E-state index is 12.3. The van der Waals surface area contributed by atoms with E-state index in [2.05, 4.69) is 55.0 Å². The van der Waals surface area contributed by atoms with Crippen LogP contribution in [0.4, 0.5) is 0 Å². The van der Waals surface area contributed by atoms with Crippen molar-refractivity contribution < 1.29 is 10.2 Å². The molecule has 5 saturated carbocycles. The summed E-state index contributed by atoms with van der Waals surface area (Å²) in [6.45, 7) is 21.3. The molecule has 0 heterocycles. The molecule has 0 aromatic carbocycles. The zero-order chi connectivity index (χ0) is 23.5. The minimum atomic E-state index is -0.776. The molecule has 182 valence electrons. The zero-order valence-corrected chi connectivity index (χ0v) is 22.1. The van der Waals surface area contributed by atoms with Crippen molar-refractivity contribution in [2.75, 3.05) is 0 Å². The molecule has 0 bridgehead atoms. The fourth-order valence-electron chi connectivity index (χ4n) is 11.3. The predicted octanol–water partition coefficient (Wildman–Crippen LogP) is 7.14. The van der Waals surface area contributed by atoms with E-state index in [1.807, 2.05) is 0 Å². The van der Waals surface area contributed by atoms with Gasteiger partial charge < -0.3 is 10.2 Å². The van der Waals surface area contributed by atoms with E-state index in [0.717, 1.165) is 37.5 Å². The first-order valence-electron chi connectivity index (χ1n) is 13.7. The second-order valence-corrected chi connectivity index (χ2v) is 14.8. The van der Waals surface area contributed by atoms with E-state index < -0.39 is 17.1 Å². The molecule has 0 radical (unpaired) electrons. The Labute approximate surface area is 197 Å². The van der Waals surface area contributed by atoms with E-state index in [1.165, 1.54) is 44.1 Å². The van der Waals surface area contributed by atoms with Crippen molar-refractivity contribution in [3.05, 3.63) is 12.2 Å². The fourth-order valence-corrected chi connectivity index (χ4v) is 11.3. The minimum absolute atomic E-state index is 0.110. The molecule has 10 atom stereocenters. The van der Waals surface area contributed by atoms with Crippen molar-refractivity contribution in [1.82, 2.24) is 0 Å². The van der Waals surface area contributed by atoms with E-state index >= 15 is 0 Å². The van der Waals surface area contributed by atoms with Gasteiger partial charge in [-0.05, 0) is 111 Å². The first kappa shape index (κ1) is 23.4. The Balaban J connectivity index is 1.57. The first-order valence-corrected chi connectivity index (χ1v) is 13.7. The Morgan fingerprint density at radius 1 is 0.750 bits per heavy atom. The van der Waals surface area contributed by atoms with Gasteiger partial charge >= 0.3 is 0 Å². The molecule has 0 aromatic heterocycles. The zero-order valence-electron chi connectivity index (χ0n) is 22.1. The van der Waals surface area contributed by atoms with Crippen LogP contribution < -0.4 is 0 Å². The maximum absolute atomic E-state index is 12.3. The topological polar surface area (TPSA) is 40.5 Å². The molecule has 0 saturated heterocycles. The molecule has 5 rings (SSSR count). The van der Waals surface area contributed by atoms with Crippen molar-refractivity contribution >= 4 is 0 Å². The van der Waals surface area contributed by atoms with E-state index in [-0.39, 0.29) is 10.8 Å². The van der Waals surface area contributed by atoms with E-state index in [1.54, 1.807) is 0 Å². The Bertz CT molecular complexity index is 816. The molecule has 32 heavy (non-hydrogen) atoms. The molecule has 10 unspecified atom stereocenters. The van der Waals surface area contributed by atoms with Crippen LogP contribution in [-0.4, -0.2) is 21.9 Å². The molecule has 2 heteroatoms. The van der Waals surface area contributed by atoms with E-state index in [9.17, 15) is 10.2 Å². The lowest BCUT2D eigenvalue weighted by Crippen LogP contribution is -2.73. The van der Waals surface area contributed by atoms with Crippen LogP contribution in [0.5, 0.6) is 0 Å². The van der Waals surface area contributed by atoms with Crippen LogP contribution in [-0.2, 0) is 0 Å². The highest BCUT2D eigenvalue weighted by molar-refractivity contribution is 5.24. The van der Waals surface area contributed by atoms with Gasteiger partial charge in [0.1, 0.15) is 0 Å². The Morgan fingerprint density at radius 3 is 2.06 bits per heavy atom. The molecule has 0 amide bonds. The van der Waals surface area contributed by atoms with Gasteiger partial charge in [0.2, 0.25) is 0 Å². The average molecular weight is 443 g/mol. The summed E-state index contributed by atoms with van der Waals surface area (Å²) in [5.74, 6) is 2.80. The third-order valence-corrected chi connectivity index (χ3v) is 13.8. The highest BCUT2D eigenvalue weighted by Crippen LogP contribution is 2.78. The summed E-state index contributed by atoms with van der Waals surface area (Å²) in [7, 11) is 0. The van der Waals surface area contributed by atoms with E-state index in [0.29, 0.717) is 22.7 Å². The molecule has 5 fully saturated rings. The molecule has 0 spiro atoms. The van der Waals surface area contributed by atoms with Crippen molar-refractivity contribution in [3.8, 4) is 0 Å². The number of rotatable bonds is 1. The van der Waals surface area contributed by atoms with Crippen molar-refractivity contribution in [1.29, 1.82) is 0 Å². The summed E-state index contributed by atoms with van der Waals surface area (Å²) in [6, 6.07) is 0. The van der Waals surface area contributed by atoms with Crippen LogP contribution in [0, 0.1) is 50.7 Å². The van der Waals surface area contributed by atoms with Gasteiger partial charge in [-0.1, -0.05) is 53.7 Å². The lowest BCUT2D eigenvalue weighted by molar-refractivity contribution is -0.310. The average Bonchev–Trinajstić information content (AvgIpc) is 3.07. The van der Waals surface area contributed by atoms with Crippen LogP contribution in [0.25, 0.3) is 0 Å². The summed E-state index contributed by atoms with van der Waals surface area (Å²) in [4.78, 5) is 0. The molecular weight excluding hydrogens is 392 g/mol. The Morgan fingerprint density at radius 2 is 1.41 bits per heavy atom. The van der Waals surface area contributed by atoms with Gasteiger partial charge in [0.15, 0.2) is 0 Å². The highest BCUT2D eigenvalue weighted by Gasteiger charge is 2.74. The smallest absolute Gasteiger partial charge is 0.0779 e. The number of aliphatic hydroxyl groups excluding tert-OH is 1. The maximum Gasteiger partial charge on any atom is 0.0779 e. The van der Waals surface area contributed by atoms with Gasteiger partial charge in [0.05, 0.1) is 11.7 Å². The molecule has 2 nitrogen and oxygen atoms in total. The van der Waals surface area contributed by atoms with Crippen LogP contribution in [0.3, 0.4) is 0 Å². The largest absolute Gasteiger partial charge is 0.392 e. The normalized spacial score (nSPS) is 58.8. The SMILES string of the molecule is C=C(C)C1CCC2(C)CCC3(C)C(CCC4C3(C)CCC3(O)C(C)(C)C(O)CCC43C)C12. The van der Waals surface area contributed by atoms with E-state index in [4.69, 9.17) is 0 Å². The number of hydrogen-bond acceptors (Lipinski definition) is 2. The first-order chi connectivity index (χ1) is 14.7. The molecule has 0 aromatic rings. The molecule has 5 aliphatic carbocycles. The number of fused-ring (bicyclic) bond motifs is 7. The standard InChI is InChI=1S/C30H50O2/c1-19(2)20-11-13-26(5)15-16-27(6)21(24(20)26)9-10-22-28(27,7)17-18-30(32)25(3,4)23(31)12-14-29(22,30)8/h20-24,31-32H,1,9-18H2,2-8H3. The van der Waals surface area contributed by atoms with Gasteiger partial charge in [-0.2, -0.15) is 0 Å². The van der Waals surface area contributed by atoms with Crippen molar-refractivity contribution in [2.24, 2.45) is 50.7 Å². The molecular formula is C30H50O2.